The Hall–Kier alpha value is -1.39. The average Bonchev–Trinajstić information content (AvgIpc) is 3.27. The van der Waals surface area contributed by atoms with Gasteiger partial charge in [-0.2, -0.15) is 16.1 Å². The van der Waals surface area contributed by atoms with E-state index in [2.05, 4.69) is 16.8 Å². The van der Waals surface area contributed by atoms with E-state index in [1.54, 1.807) is 35.2 Å². The molecule has 1 aliphatic rings. The van der Waals surface area contributed by atoms with Gasteiger partial charge in [0.25, 0.3) is 5.91 Å². The van der Waals surface area contributed by atoms with Gasteiger partial charge in [-0.05, 0) is 35.6 Å². The van der Waals surface area contributed by atoms with Crippen molar-refractivity contribution >= 4 is 39.0 Å². The third kappa shape index (κ3) is 5.82. The van der Waals surface area contributed by atoms with Crippen molar-refractivity contribution in [3.63, 3.8) is 0 Å². The molecule has 0 spiro atoms. The molecule has 0 radical (unpaired) electrons. The first kappa shape index (κ1) is 22.3. The van der Waals surface area contributed by atoms with Gasteiger partial charge in [-0.15, -0.1) is 11.3 Å². The summed E-state index contributed by atoms with van der Waals surface area (Å²) in [7, 11) is -3.64. The Bertz CT molecular complexity index is 908. The maximum absolute atomic E-state index is 13.1. The first-order chi connectivity index (χ1) is 14.0. The number of aryl methyl sites for hydroxylation is 1. The second-order valence-electron chi connectivity index (χ2n) is 6.58. The molecule has 1 amide bonds. The zero-order chi connectivity index (χ0) is 20.7. The van der Waals surface area contributed by atoms with E-state index in [-0.39, 0.29) is 10.8 Å². The summed E-state index contributed by atoms with van der Waals surface area (Å²) in [5, 5.41) is 4.95. The normalized spacial score (nSPS) is 15.3. The molecule has 0 bridgehead atoms. The standard InChI is InChI=1S/C20H26N2O4S3/c1-2-16-5-6-17(14-19(16)29(24,25)22-8-10-26-11-9-22)20(23)21-7-13-27-15-18-4-3-12-28-18/h3-6,12,14H,2,7-11,13,15H2,1H3,(H,21,23). The number of hydrogen-bond donors (Lipinski definition) is 1. The molecule has 2 aromatic rings. The van der Waals surface area contributed by atoms with Crippen molar-refractivity contribution in [3.8, 4) is 0 Å². The molecule has 3 rings (SSSR count). The third-order valence-electron chi connectivity index (χ3n) is 4.65. The first-order valence-electron chi connectivity index (χ1n) is 9.61. The first-order valence-corrected chi connectivity index (χ1v) is 13.1. The highest BCUT2D eigenvalue weighted by atomic mass is 32.2. The van der Waals surface area contributed by atoms with E-state index in [1.807, 2.05) is 13.0 Å². The average molecular weight is 455 g/mol. The lowest BCUT2D eigenvalue weighted by atomic mass is 10.1. The molecular formula is C20H26N2O4S3. The fraction of sp³-hybridized carbons (Fsp3) is 0.450. The van der Waals surface area contributed by atoms with E-state index in [4.69, 9.17) is 4.74 Å². The fourth-order valence-corrected chi connectivity index (χ4v) is 6.49. The molecule has 9 heteroatoms. The lowest BCUT2D eigenvalue weighted by Gasteiger charge is -2.27. The van der Waals surface area contributed by atoms with Crippen molar-refractivity contribution < 1.29 is 17.9 Å². The smallest absolute Gasteiger partial charge is 0.251 e. The Morgan fingerprint density at radius 1 is 1.28 bits per heavy atom. The third-order valence-corrected chi connectivity index (χ3v) is 8.70. The van der Waals surface area contributed by atoms with Crippen LogP contribution >= 0.6 is 23.1 Å². The molecule has 1 aliphatic heterocycles. The van der Waals surface area contributed by atoms with Crippen LogP contribution in [-0.4, -0.2) is 57.2 Å². The number of nitrogens with zero attached hydrogens (tertiary/aromatic N) is 1. The van der Waals surface area contributed by atoms with Gasteiger partial charge in [0.05, 0.1) is 18.1 Å². The quantitative estimate of drug-likeness (QED) is 0.590. The monoisotopic (exact) mass is 454 g/mol. The van der Waals surface area contributed by atoms with Crippen LogP contribution in [0.4, 0.5) is 0 Å². The molecular weight excluding hydrogens is 428 g/mol. The summed E-state index contributed by atoms with van der Waals surface area (Å²) in [5.74, 6) is 1.49. The lowest BCUT2D eigenvalue weighted by Crippen LogP contribution is -2.41. The molecule has 1 saturated heterocycles. The molecule has 1 fully saturated rings. The predicted octanol–water partition coefficient (Wildman–Crippen LogP) is 2.99. The molecule has 158 valence electrons. The number of ether oxygens (including phenoxy) is 1. The number of nitrogens with one attached hydrogen (secondary N) is 1. The number of thioether (sulfide) groups is 1. The Kier molecular flexibility index (Phi) is 8.14. The van der Waals surface area contributed by atoms with E-state index < -0.39 is 10.0 Å². The SMILES string of the molecule is CCc1ccc(C(=O)NCCSCc2cccs2)cc1S(=O)(=O)N1CCOCC1. The predicted molar refractivity (Wildman–Crippen MR) is 118 cm³/mol. The van der Waals surface area contributed by atoms with Gasteiger partial charge in [0.2, 0.25) is 10.0 Å². The molecule has 29 heavy (non-hydrogen) atoms. The number of thiophene rings is 1. The van der Waals surface area contributed by atoms with Gasteiger partial charge in [-0.1, -0.05) is 19.1 Å². The zero-order valence-corrected chi connectivity index (χ0v) is 18.9. The van der Waals surface area contributed by atoms with Crippen LogP contribution < -0.4 is 5.32 Å². The Balaban J connectivity index is 1.63. The van der Waals surface area contributed by atoms with Crippen LogP contribution in [0.3, 0.4) is 0 Å². The van der Waals surface area contributed by atoms with Crippen LogP contribution in [0.2, 0.25) is 0 Å². The van der Waals surface area contributed by atoms with Crippen molar-refractivity contribution in [2.24, 2.45) is 0 Å². The minimum Gasteiger partial charge on any atom is -0.379 e. The summed E-state index contributed by atoms with van der Waals surface area (Å²) < 4.78 is 32.9. The van der Waals surface area contributed by atoms with Crippen LogP contribution in [0, 0.1) is 0 Å². The number of hydrogen-bond acceptors (Lipinski definition) is 6. The summed E-state index contributed by atoms with van der Waals surface area (Å²) >= 11 is 3.49. The number of morpholine rings is 1. The second kappa shape index (κ2) is 10.6. The van der Waals surface area contributed by atoms with Crippen molar-refractivity contribution in [1.82, 2.24) is 9.62 Å². The van der Waals surface area contributed by atoms with Crippen LogP contribution in [0.1, 0.15) is 27.7 Å². The number of carbonyl (C=O) groups excluding carboxylic acids is 1. The van der Waals surface area contributed by atoms with Crippen molar-refractivity contribution in [2.45, 2.75) is 24.0 Å². The minimum absolute atomic E-state index is 0.224. The number of rotatable bonds is 9. The molecule has 1 N–H and O–H groups in total. The van der Waals surface area contributed by atoms with Gasteiger partial charge >= 0.3 is 0 Å². The highest BCUT2D eigenvalue weighted by molar-refractivity contribution is 7.98. The van der Waals surface area contributed by atoms with Gasteiger partial charge in [-0.3, -0.25) is 4.79 Å². The molecule has 0 atom stereocenters. The number of amides is 1. The van der Waals surface area contributed by atoms with E-state index >= 15 is 0 Å². The van der Waals surface area contributed by atoms with Gasteiger partial charge in [0, 0.05) is 41.6 Å². The van der Waals surface area contributed by atoms with Crippen LogP contribution in [0.15, 0.2) is 40.6 Å². The topological polar surface area (TPSA) is 75.7 Å². The molecule has 1 aromatic heterocycles. The lowest BCUT2D eigenvalue weighted by molar-refractivity contribution is 0.0730. The summed E-state index contributed by atoms with van der Waals surface area (Å²) in [6.45, 7) is 3.91. The van der Waals surface area contributed by atoms with Crippen molar-refractivity contribution in [3.05, 3.63) is 51.7 Å². The molecule has 0 unspecified atom stereocenters. The minimum atomic E-state index is -3.64. The molecule has 6 nitrogen and oxygen atoms in total. The maximum Gasteiger partial charge on any atom is 0.251 e. The summed E-state index contributed by atoms with van der Waals surface area (Å²) in [4.78, 5) is 14.1. The zero-order valence-electron chi connectivity index (χ0n) is 16.4. The highest BCUT2D eigenvalue weighted by Gasteiger charge is 2.29. The fourth-order valence-electron chi connectivity index (χ4n) is 3.06. The molecule has 1 aromatic carbocycles. The number of benzene rings is 1. The van der Waals surface area contributed by atoms with Crippen LogP contribution in [-0.2, 0) is 26.9 Å². The summed E-state index contributed by atoms with van der Waals surface area (Å²) in [6, 6.07) is 9.09. The largest absolute Gasteiger partial charge is 0.379 e. The molecule has 0 aliphatic carbocycles. The summed E-state index contributed by atoms with van der Waals surface area (Å²) in [5.41, 5.74) is 1.09. The Labute approximate surface area is 180 Å². The number of carbonyl (C=O) groups is 1. The van der Waals surface area contributed by atoms with Gasteiger partial charge in [0.1, 0.15) is 0 Å². The Morgan fingerprint density at radius 2 is 2.07 bits per heavy atom. The molecule has 0 saturated carbocycles. The van der Waals surface area contributed by atoms with Crippen molar-refractivity contribution in [1.29, 1.82) is 0 Å². The molecule has 2 heterocycles. The van der Waals surface area contributed by atoms with E-state index in [9.17, 15) is 13.2 Å². The van der Waals surface area contributed by atoms with Crippen LogP contribution in [0.25, 0.3) is 0 Å². The maximum atomic E-state index is 13.1. The second-order valence-corrected chi connectivity index (χ2v) is 10.6. The number of sulfonamides is 1. The van der Waals surface area contributed by atoms with Crippen molar-refractivity contribution in [2.75, 3.05) is 38.6 Å². The van der Waals surface area contributed by atoms with Gasteiger partial charge in [-0.25, -0.2) is 8.42 Å². The van der Waals surface area contributed by atoms with Gasteiger partial charge < -0.3 is 10.1 Å². The highest BCUT2D eigenvalue weighted by Crippen LogP contribution is 2.23. The van der Waals surface area contributed by atoms with E-state index in [0.29, 0.717) is 44.8 Å². The van der Waals surface area contributed by atoms with E-state index in [1.165, 1.54) is 15.2 Å². The van der Waals surface area contributed by atoms with Crippen LogP contribution in [0.5, 0.6) is 0 Å². The summed E-state index contributed by atoms with van der Waals surface area (Å²) in [6.07, 6.45) is 0.583. The van der Waals surface area contributed by atoms with Gasteiger partial charge in [0.15, 0.2) is 0 Å². The Morgan fingerprint density at radius 3 is 2.76 bits per heavy atom. The van der Waals surface area contributed by atoms with E-state index in [0.717, 1.165) is 17.1 Å².